The second-order valence-electron chi connectivity index (χ2n) is 8.12. The highest BCUT2D eigenvalue weighted by Crippen LogP contribution is 2.28. The predicted molar refractivity (Wildman–Crippen MR) is 114 cm³/mol. The molecule has 1 aliphatic heterocycles. The number of aryl methyl sites for hydroxylation is 1. The van der Waals surface area contributed by atoms with Crippen molar-refractivity contribution in [1.29, 1.82) is 0 Å². The number of hydrogen-bond acceptors (Lipinski definition) is 6. The van der Waals surface area contributed by atoms with Gasteiger partial charge in [0.2, 0.25) is 5.91 Å². The summed E-state index contributed by atoms with van der Waals surface area (Å²) in [5.41, 5.74) is 0.954. The van der Waals surface area contributed by atoms with Gasteiger partial charge in [0.1, 0.15) is 5.82 Å². The Kier molecular flexibility index (Phi) is 6.22. The van der Waals surface area contributed by atoms with E-state index in [1.54, 1.807) is 0 Å². The van der Waals surface area contributed by atoms with Crippen LogP contribution >= 0.6 is 0 Å². The van der Waals surface area contributed by atoms with Crippen LogP contribution in [0.25, 0.3) is 0 Å². The van der Waals surface area contributed by atoms with E-state index in [4.69, 9.17) is 0 Å². The zero-order chi connectivity index (χ0) is 20.1. The smallest absolute Gasteiger partial charge is 0.222 e. The van der Waals surface area contributed by atoms with Crippen LogP contribution in [0.1, 0.15) is 44.2 Å². The first kappa shape index (κ1) is 19.6. The van der Waals surface area contributed by atoms with E-state index in [0.717, 1.165) is 55.8 Å². The first-order valence-corrected chi connectivity index (χ1v) is 10.7. The highest BCUT2D eigenvalue weighted by Gasteiger charge is 2.23. The first-order chi connectivity index (χ1) is 14.2. The Morgan fingerprint density at radius 1 is 1.03 bits per heavy atom. The van der Waals surface area contributed by atoms with Crippen molar-refractivity contribution in [2.45, 2.75) is 45.4 Å². The number of piperazine rings is 1. The van der Waals surface area contributed by atoms with Gasteiger partial charge in [0.05, 0.1) is 0 Å². The highest BCUT2D eigenvalue weighted by molar-refractivity contribution is 5.76. The number of carbonyl (C=O) groups excluding carboxylic acids is 1. The van der Waals surface area contributed by atoms with Crippen LogP contribution in [-0.4, -0.2) is 52.2 Å². The summed E-state index contributed by atoms with van der Waals surface area (Å²) in [6, 6.07) is 9.72. The van der Waals surface area contributed by atoms with Gasteiger partial charge in [-0.3, -0.25) is 4.79 Å². The number of pyridine rings is 1. The Bertz CT molecular complexity index is 810. The second kappa shape index (κ2) is 9.20. The molecule has 0 radical (unpaired) electrons. The van der Waals surface area contributed by atoms with Crippen LogP contribution in [0, 0.1) is 12.8 Å². The Morgan fingerprint density at radius 2 is 1.83 bits per heavy atom. The molecule has 1 aliphatic carbocycles. The fourth-order valence-corrected chi connectivity index (χ4v) is 4.27. The average Bonchev–Trinajstić information content (AvgIpc) is 3.26. The number of rotatable bonds is 6. The standard InChI is InChI=1S/C22H30N6O/c1-17-5-4-8-19(23-17)24-20-10-11-21(26-25-20)27-13-15-28(16-14-27)22(29)12-9-18-6-2-3-7-18/h4-5,8,10-11,18H,2-3,6-7,9,12-16H2,1H3,(H,23,24,25). The summed E-state index contributed by atoms with van der Waals surface area (Å²) in [6.45, 7) is 5.09. The van der Waals surface area contributed by atoms with Crippen molar-refractivity contribution in [2.24, 2.45) is 5.92 Å². The average molecular weight is 395 g/mol. The van der Waals surface area contributed by atoms with Crippen LogP contribution < -0.4 is 10.2 Å². The number of aromatic nitrogens is 3. The molecule has 154 valence electrons. The van der Waals surface area contributed by atoms with Crippen LogP contribution in [0.4, 0.5) is 17.5 Å². The lowest BCUT2D eigenvalue weighted by atomic mass is 10.0. The van der Waals surface area contributed by atoms with Gasteiger partial charge >= 0.3 is 0 Å². The molecule has 4 rings (SSSR count). The Labute approximate surface area is 172 Å². The minimum atomic E-state index is 0.313. The van der Waals surface area contributed by atoms with E-state index in [0.29, 0.717) is 18.1 Å². The van der Waals surface area contributed by atoms with Crippen LogP contribution in [-0.2, 0) is 4.79 Å². The lowest BCUT2D eigenvalue weighted by molar-refractivity contribution is -0.131. The molecule has 1 saturated carbocycles. The topological polar surface area (TPSA) is 74.2 Å². The lowest BCUT2D eigenvalue weighted by Crippen LogP contribution is -2.49. The molecular formula is C22H30N6O. The molecule has 1 amide bonds. The van der Waals surface area contributed by atoms with E-state index in [1.165, 1.54) is 25.7 Å². The zero-order valence-corrected chi connectivity index (χ0v) is 17.2. The van der Waals surface area contributed by atoms with E-state index in [9.17, 15) is 4.79 Å². The number of hydrogen-bond donors (Lipinski definition) is 1. The van der Waals surface area contributed by atoms with E-state index in [-0.39, 0.29) is 0 Å². The van der Waals surface area contributed by atoms with Crippen LogP contribution in [0.15, 0.2) is 30.3 Å². The van der Waals surface area contributed by atoms with E-state index in [1.807, 2.05) is 42.2 Å². The van der Waals surface area contributed by atoms with Gasteiger partial charge in [-0.05, 0) is 43.5 Å². The van der Waals surface area contributed by atoms with Gasteiger partial charge < -0.3 is 15.1 Å². The molecule has 0 aromatic carbocycles. The molecule has 7 nitrogen and oxygen atoms in total. The van der Waals surface area contributed by atoms with Crippen molar-refractivity contribution in [2.75, 3.05) is 36.4 Å². The number of amides is 1. The van der Waals surface area contributed by atoms with Gasteiger partial charge in [0.15, 0.2) is 11.6 Å². The molecule has 0 bridgehead atoms. The minimum Gasteiger partial charge on any atom is -0.352 e. The third kappa shape index (κ3) is 5.22. The normalized spacial score (nSPS) is 17.6. The summed E-state index contributed by atoms with van der Waals surface area (Å²) >= 11 is 0. The number of carbonyl (C=O) groups is 1. The molecule has 2 aliphatic rings. The van der Waals surface area contributed by atoms with Crippen LogP contribution in [0.5, 0.6) is 0 Å². The Morgan fingerprint density at radius 3 is 2.52 bits per heavy atom. The van der Waals surface area contributed by atoms with Crippen LogP contribution in [0.2, 0.25) is 0 Å². The summed E-state index contributed by atoms with van der Waals surface area (Å²) < 4.78 is 0. The van der Waals surface area contributed by atoms with Gasteiger partial charge in [-0.2, -0.15) is 0 Å². The van der Waals surface area contributed by atoms with E-state index in [2.05, 4.69) is 25.4 Å². The molecule has 1 N–H and O–H groups in total. The maximum Gasteiger partial charge on any atom is 0.222 e. The van der Waals surface area contributed by atoms with Gasteiger partial charge in [-0.25, -0.2) is 4.98 Å². The largest absolute Gasteiger partial charge is 0.352 e. The quantitative estimate of drug-likeness (QED) is 0.808. The first-order valence-electron chi connectivity index (χ1n) is 10.7. The molecule has 29 heavy (non-hydrogen) atoms. The lowest BCUT2D eigenvalue weighted by Gasteiger charge is -2.35. The van der Waals surface area contributed by atoms with E-state index < -0.39 is 0 Å². The molecule has 2 fully saturated rings. The summed E-state index contributed by atoms with van der Waals surface area (Å²) in [5, 5.41) is 11.8. The third-order valence-corrected chi connectivity index (χ3v) is 5.99. The summed E-state index contributed by atoms with van der Waals surface area (Å²) in [5.74, 6) is 3.38. The van der Waals surface area contributed by atoms with Crippen molar-refractivity contribution in [3.05, 3.63) is 36.0 Å². The number of nitrogens with zero attached hydrogens (tertiary/aromatic N) is 5. The van der Waals surface area contributed by atoms with Gasteiger partial charge in [-0.15, -0.1) is 10.2 Å². The maximum absolute atomic E-state index is 12.5. The molecular weight excluding hydrogens is 364 g/mol. The number of anilines is 3. The van der Waals surface area contributed by atoms with Gasteiger partial charge in [-0.1, -0.05) is 31.7 Å². The molecule has 1 saturated heterocycles. The molecule has 7 heteroatoms. The monoisotopic (exact) mass is 394 g/mol. The van der Waals surface area contributed by atoms with Gasteiger partial charge in [0, 0.05) is 38.3 Å². The summed E-state index contributed by atoms with van der Waals surface area (Å²) in [7, 11) is 0. The van der Waals surface area contributed by atoms with Crippen molar-refractivity contribution < 1.29 is 4.79 Å². The molecule has 0 spiro atoms. The number of nitrogens with one attached hydrogen (secondary N) is 1. The maximum atomic E-state index is 12.5. The molecule has 0 atom stereocenters. The highest BCUT2D eigenvalue weighted by atomic mass is 16.2. The minimum absolute atomic E-state index is 0.313. The molecule has 2 aromatic rings. The van der Waals surface area contributed by atoms with Crippen molar-refractivity contribution in [3.63, 3.8) is 0 Å². The molecule has 0 unspecified atom stereocenters. The molecule has 3 heterocycles. The predicted octanol–water partition coefficient (Wildman–Crippen LogP) is 3.54. The van der Waals surface area contributed by atoms with E-state index >= 15 is 0 Å². The molecule has 2 aromatic heterocycles. The third-order valence-electron chi connectivity index (χ3n) is 5.99. The summed E-state index contributed by atoms with van der Waals surface area (Å²) in [4.78, 5) is 21.1. The summed E-state index contributed by atoms with van der Waals surface area (Å²) in [6.07, 6.45) is 7.07. The van der Waals surface area contributed by atoms with Crippen molar-refractivity contribution >= 4 is 23.4 Å². The zero-order valence-electron chi connectivity index (χ0n) is 17.2. The Hall–Kier alpha value is -2.70. The fourth-order valence-electron chi connectivity index (χ4n) is 4.27. The van der Waals surface area contributed by atoms with Gasteiger partial charge in [0.25, 0.3) is 0 Å². The van der Waals surface area contributed by atoms with Crippen molar-refractivity contribution in [3.8, 4) is 0 Å². The SMILES string of the molecule is Cc1cccc(Nc2ccc(N3CCN(C(=O)CCC4CCCC4)CC3)nn2)n1. The fraction of sp³-hybridized carbons (Fsp3) is 0.545. The Balaban J connectivity index is 1.25. The van der Waals surface area contributed by atoms with Crippen LogP contribution in [0.3, 0.4) is 0 Å². The second-order valence-corrected chi connectivity index (χ2v) is 8.12. The van der Waals surface area contributed by atoms with Crippen molar-refractivity contribution in [1.82, 2.24) is 20.1 Å².